The molecule has 0 aliphatic rings. The molecule has 0 saturated heterocycles. The second-order valence-electron chi connectivity index (χ2n) is 19.8. The molecule has 8 heteroatoms. The molecule has 378 valence electrons. The van der Waals surface area contributed by atoms with Gasteiger partial charge in [0, 0.05) is 38.0 Å². The van der Waals surface area contributed by atoms with Crippen LogP contribution in [0.2, 0.25) is 0 Å². The number of hydrogen-bond acceptors (Lipinski definition) is 6. The maximum atomic E-state index is 6.19. The monoisotopic (exact) mass is 919 g/mol. The van der Waals surface area contributed by atoms with E-state index in [9.17, 15) is 0 Å². The van der Waals surface area contributed by atoms with Gasteiger partial charge in [0.2, 0.25) is 0 Å². The molecule has 0 amide bonds. The first-order valence-corrected chi connectivity index (χ1v) is 28.1. The number of aromatic nitrogens is 4. The van der Waals surface area contributed by atoms with Gasteiger partial charge in [0.05, 0.1) is 51.2 Å². The third-order valence-corrected chi connectivity index (χ3v) is 13.0. The maximum Gasteiger partial charge on any atom is 0.187 e. The van der Waals surface area contributed by atoms with Crippen molar-refractivity contribution in [1.82, 2.24) is 19.8 Å². The fourth-order valence-corrected chi connectivity index (χ4v) is 9.12. The molecule has 0 N–H and O–H groups in total. The van der Waals surface area contributed by atoms with Crippen molar-refractivity contribution in [2.24, 2.45) is 11.8 Å². The fourth-order valence-electron chi connectivity index (χ4n) is 9.12. The van der Waals surface area contributed by atoms with Crippen molar-refractivity contribution in [2.45, 2.75) is 221 Å². The van der Waals surface area contributed by atoms with Gasteiger partial charge in [-0.1, -0.05) is 168 Å². The van der Waals surface area contributed by atoms with E-state index in [1.54, 1.807) is 0 Å². The number of unbranched alkanes of at least 4 members (excludes halogenated alkanes) is 24. The third-order valence-electron chi connectivity index (χ3n) is 13.0. The summed E-state index contributed by atoms with van der Waals surface area (Å²) in [6.45, 7) is 20.6. The molecule has 0 bridgehead atoms. The Balaban J connectivity index is 1.64. The van der Waals surface area contributed by atoms with Gasteiger partial charge in [-0.15, -0.1) is 0 Å². The van der Waals surface area contributed by atoms with Gasteiger partial charge in [0.1, 0.15) is 0 Å². The van der Waals surface area contributed by atoms with Gasteiger partial charge in [-0.2, -0.15) is 0 Å². The summed E-state index contributed by atoms with van der Waals surface area (Å²) < 4.78 is 16.9. The van der Waals surface area contributed by atoms with E-state index in [-0.39, 0.29) is 0 Å². The normalized spacial score (nSPS) is 13.0. The van der Waals surface area contributed by atoms with Gasteiger partial charge in [0.15, 0.2) is 37.9 Å². The van der Waals surface area contributed by atoms with Crippen molar-refractivity contribution in [1.29, 1.82) is 0 Å². The van der Waals surface area contributed by atoms with Crippen molar-refractivity contribution < 1.29 is 18.6 Å². The molecule has 0 aliphatic heterocycles. The Kier molecular flexibility index (Phi) is 41.7. The predicted octanol–water partition coefficient (Wildman–Crippen LogP) is 13.7. The van der Waals surface area contributed by atoms with Crippen LogP contribution in [0.3, 0.4) is 0 Å². The van der Waals surface area contributed by atoms with E-state index < -0.39 is 0 Å². The molecule has 2 heterocycles. The van der Waals surface area contributed by atoms with E-state index in [1.807, 2.05) is 24.8 Å². The van der Waals surface area contributed by atoms with Crippen LogP contribution in [-0.2, 0) is 22.6 Å². The lowest BCUT2D eigenvalue weighted by molar-refractivity contribution is -0.703. The van der Waals surface area contributed by atoms with Crippen LogP contribution >= 0.6 is 0 Å². The van der Waals surface area contributed by atoms with Crippen molar-refractivity contribution in [2.75, 3.05) is 65.7 Å². The summed E-state index contributed by atoms with van der Waals surface area (Å²) in [4.78, 5) is 13.7. The van der Waals surface area contributed by atoms with Crippen LogP contribution in [-0.4, -0.2) is 85.5 Å². The zero-order valence-electron chi connectivity index (χ0n) is 43.9. The second-order valence-corrected chi connectivity index (χ2v) is 19.8. The quantitative estimate of drug-likeness (QED) is 0.0374. The first kappa shape index (κ1) is 59.6. The minimum absolute atomic E-state index is 0.556. The van der Waals surface area contributed by atoms with E-state index >= 15 is 0 Å². The molecule has 66 heavy (non-hydrogen) atoms. The second kappa shape index (κ2) is 46.2. The van der Waals surface area contributed by atoms with Gasteiger partial charge in [0.25, 0.3) is 0 Å². The molecule has 2 aromatic rings. The summed E-state index contributed by atoms with van der Waals surface area (Å²) in [6, 6.07) is 0. The first-order valence-electron chi connectivity index (χ1n) is 28.1. The lowest BCUT2D eigenvalue weighted by atomic mass is 10.1. The van der Waals surface area contributed by atoms with Crippen LogP contribution in [0.1, 0.15) is 207 Å². The molecule has 2 aromatic heterocycles. The van der Waals surface area contributed by atoms with Gasteiger partial charge in [-0.3, -0.25) is 9.97 Å². The molecular weight excluding hydrogens is 813 g/mol. The first-order chi connectivity index (χ1) is 32.6. The summed E-state index contributed by atoms with van der Waals surface area (Å²) in [7, 11) is 0. The van der Waals surface area contributed by atoms with Crippen LogP contribution in [0.4, 0.5) is 0 Å². The van der Waals surface area contributed by atoms with Crippen molar-refractivity contribution in [3.05, 3.63) is 73.9 Å². The third kappa shape index (κ3) is 38.4. The summed E-state index contributed by atoms with van der Waals surface area (Å²) in [5.74, 6) is 1.11. The Morgan fingerprint density at radius 1 is 0.394 bits per heavy atom. The lowest BCUT2D eigenvalue weighted by Gasteiger charge is -2.25. The Labute approximate surface area is 408 Å². The minimum Gasteiger partial charge on any atom is -0.378 e. The molecule has 2 rings (SSSR count). The van der Waals surface area contributed by atoms with E-state index in [0.29, 0.717) is 25.0 Å². The average molecular weight is 920 g/mol. The van der Waals surface area contributed by atoms with Gasteiger partial charge in [-0.25, -0.2) is 9.13 Å². The summed E-state index contributed by atoms with van der Waals surface area (Å²) in [5, 5.41) is 0. The molecule has 0 aliphatic carbocycles. The fraction of sp³-hybridized carbons (Fsp3) is 0.793. The SMILES string of the molecule is CCCCCCCCC=CCCCCCCCCN(CCOCCOCCN(CCCCCCCCC=CCCCCCCCC)CC(C)C[n+]1ccncc1)CC(C)C[n+]1ccncc1. The van der Waals surface area contributed by atoms with Gasteiger partial charge in [-0.05, 0) is 77.3 Å². The summed E-state index contributed by atoms with van der Waals surface area (Å²) in [6.07, 6.45) is 63.3. The molecule has 8 nitrogen and oxygen atoms in total. The van der Waals surface area contributed by atoms with Crippen LogP contribution < -0.4 is 9.13 Å². The van der Waals surface area contributed by atoms with Gasteiger partial charge >= 0.3 is 0 Å². The van der Waals surface area contributed by atoms with Crippen LogP contribution in [0, 0.1) is 11.8 Å². The van der Waals surface area contributed by atoms with Crippen molar-refractivity contribution >= 4 is 0 Å². The smallest absolute Gasteiger partial charge is 0.187 e. The molecule has 0 spiro atoms. The molecule has 2 unspecified atom stereocenters. The van der Waals surface area contributed by atoms with E-state index in [4.69, 9.17) is 9.47 Å². The van der Waals surface area contributed by atoms with Gasteiger partial charge < -0.3 is 19.3 Å². The Morgan fingerprint density at radius 2 is 0.697 bits per heavy atom. The highest BCUT2D eigenvalue weighted by molar-refractivity contribution is 4.82. The van der Waals surface area contributed by atoms with E-state index in [2.05, 4.69) is 106 Å². The van der Waals surface area contributed by atoms with Crippen molar-refractivity contribution in [3.63, 3.8) is 0 Å². The van der Waals surface area contributed by atoms with Crippen LogP contribution in [0.15, 0.2) is 73.9 Å². The minimum atomic E-state index is 0.556. The Bertz CT molecular complexity index is 1230. The number of allylic oxidation sites excluding steroid dienone is 4. The highest BCUT2D eigenvalue weighted by atomic mass is 16.5. The predicted molar refractivity (Wildman–Crippen MR) is 281 cm³/mol. The molecular formula is C58H106N6O2+2. The molecule has 0 radical (unpaired) electrons. The molecule has 2 atom stereocenters. The highest BCUT2D eigenvalue weighted by Gasteiger charge is 2.16. The topological polar surface area (TPSA) is 58.5 Å². The average Bonchev–Trinajstić information content (AvgIpc) is 3.32. The number of hydrogen-bond donors (Lipinski definition) is 0. The maximum absolute atomic E-state index is 6.19. The highest BCUT2D eigenvalue weighted by Crippen LogP contribution is 2.13. The lowest BCUT2D eigenvalue weighted by Crippen LogP contribution is -2.41. The molecule has 0 fully saturated rings. The molecule has 0 aromatic carbocycles. The van der Waals surface area contributed by atoms with E-state index in [1.165, 1.54) is 180 Å². The number of nitrogens with zero attached hydrogens (tertiary/aromatic N) is 6. The largest absolute Gasteiger partial charge is 0.378 e. The summed E-state index contributed by atoms with van der Waals surface area (Å²) >= 11 is 0. The summed E-state index contributed by atoms with van der Waals surface area (Å²) in [5.41, 5.74) is 0. The van der Waals surface area contributed by atoms with Crippen molar-refractivity contribution in [3.8, 4) is 0 Å². The Hall–Kier alpha value is -2.52. The zero-order chi connectivity index (χ0) is 47.1. The van der Waals surface area contributed by atoms with Crippen LogP contribution in [0.25, 0.3) is 0 Å². The number of ether oxygens (including phenoxy) is 2. The molecule has 0 saturated carbocycles. The standard InChI is InChI=1S/C58H106N6O2/c1-5-7-9-11-13-15-17-19-21-23-25-27-29-31-33-35-41-61(53-57(3)55-63-43-37-59-38-44-63)47-49-65-51-52-66-50-48-62(54-58(4)56-64-45-39-60-40-46-64)42-36-34-32-30-28-26-24-22-20-18-16-14-12-10-8-6-2/h19-22,37-40,43-46,57-58H,5-18,23-36,41-42,47-56H2,1-4H3/q+2. The van der Waals surface area contributed by atoms with Crippen LogP contribution in [0.5, 0.6) is 0 Å². The zero-order valence-corrected chi connectivity index (χ0v) is 43.9. The number of rotatable bonds is 49. The Morgan fingerprint density at radius 3 is 1.03 bits per heavy atom. The van der Waals surface area contributed by atoms with E-state index in [0.717, 1.165) is 65.6 Å².